The summed E-state index contributed by atoms with van der Waals surface area (Å²) >= 11 is 3.37. The molecule has 0 radical (unpaired) electrons. The Balaban J connectivity index is 3.01. The van der Waals surface area contributed by atoms with E-state index < -0.39 is 0 Å². The highest BCUT2D eigenvalue weighted by atomic mass is 79.9. The Morgan fingerprint density at radius 3 is 2.67 bits per heavy atom. The minimum Gasteiger partial charge on any atom is -0.275 e. The quantitative estimate of drug-likeness (QED) is 0.614. The Hall–Kier alpha value is -0.310. The lowest BCUT2D eigenvalue weighted by atomic mass is 10.3. The van der Waals surface area contributed by atoms with Gasteiger partial charge in [0, 0.05) is 24.1 Å². The molecule has 1 rings (SSSR count). The summed E-state index contributed by atoms with van der Waals surface area (Å²) in [7, 11) is 1.93. The van der Waals surface area contributed by atoms with Crippen molar-refractivity contribution in [2.75, 3.05) is 0 Å². The van der Waals surface area contributed by atoms with E-state index in [1.54, 1.807) is 0 Å². The lowest BCUT2D eigenvalue weighted by molar-refractivity contribution is 0.756. The van der Waals surface area contributed by atoms with Gasteiger partial charge < -0.3 is 0 Å². The van der Waals surface area contributed by atoms with Gasteiger partial charge in [-0.05, 0) is 6.92 Å². The highest BCUT2D eigenvalue weighted by molar-refractivity contribution is 9.08. The summed E-state index contributed by atoms with van der Waals surface area (Å²) in [6, 6.07) is 0. The fourth-order valence-corrected chi connectivity index (χ4v) is 1.33. The monoisotopic (exact) mass is 188 g/mol. The predicted octanol–water partition coefficient (Wildman–Crippen LogP) is 1.62. The summed E-state index contributed by atoms with van der Waals surface area (Å²) in [6.45, 7) is 2.01. The van der Waals surface area contributed by atoms with Gasteiger partial charge in [0.05, 0.1) is 5.69 Å². The summed E-state index contributed by atoms with van der Waals surface area (Å²) in [5.41, 5.74) is 2.37. The minimum absolute atomic E-state index is 0.896. The van der Waals surface area contributed by atoms with E-state index in [4.69, 9.17) is 0 Å². The Kier molecular flexibility index (Phi) is 1.90. The highest BCUT2D eigenvalue weighted by Crippen LogP contribution is 2.07. The first-order valence-electron chi connectivity index (χ1n) is 2.79. The van der Waals surface area contributed by atoms with Crippen LogP contribution in [0.15, 0.2) is 6.20 Å². The number of hydrogen-bond donors (Lipinski definition) is 0. The lowest BCUT2D eigenvalue weighted by Gasteiger charge is -1.83. The molecule has 0 N–H and O–H groups in total. The molecule has 0 saturated carbocycles. The van der Waals surface area contributed by atoms with Gasteiger partial charge in [-0.15, -0.1) is 0 Å². The molecule has 0 unspecified atom stereocenters. The van der Waals surface area contributed by atoms with Crippen molar-refractivity contribution >= 4 is 15.9 Å². The molecule has 0 aliphatic heterocycles. The van der Waals surface area contributed by atoms with Crippen molar-refractivity contribution in [1.82, 2.24) is 9.78 Å². The van der Waals surface area contributed by atoms with E-state index in [1.165, 1.54) is 5.56 Å². The van der Waals surface area contributed by atoms with Gasteiger partial charge in [-0.1, -0.05) is 15.9 Å². The van der Waals surface area contributed by atoms with E-state index in [0.717, 1.165) is 11.0 Å². The largest absolute Gasteiger partial charge is 0.275 e. The van der Waals surface area contributed by atoms with Crippen molar-refractivity contribution in [2.24, 2.45) is 7.05 Å². The van der Waals surface area contributed by atoms with Gasteiger partial charge in [0.15, 0.2) is 0 Å². The summed E-state index contributed by atoms with van der Waals surface area (Å²) < 4.78 is 1.83. The Labute approximate surface area is 63.0 Å². The van der Waals surface area contributed by atoms with Crippen LogP contribution in [0.3, 0.4) is 0 Å². The van der Waals surface area contributed by atoms with E-state index in [1.807, 2.05) is 24.9 Å². The molecule has 3 heteroatoms. The average Bonchev–Trinajstić information content (AvgIpc) is 2.10. The third-order valence-corrected chi connectivity index (χ3v) is 1.86. The van der Waals surface area contributed by atoms with E-state index in [2.05, 4.69) is 21.0 Å². The number of aryl methyl sites for hydroxylation is 2. The number of hydrogen-bond acceptors (Lipinski definition) is 1. The summed E-state index contributed by atoms with van der Waals surface area (Å²) in [5, 5.41) is 5.06. The predicted molar refractivity (Wildman–Crippen MR) is 40.6 cm³/mol. The molecule has 0 atom stereocenters. The van der Waals surface area contributed by atoms with Gasteiger partial charge >= 0.3 is 0 Å². The Morgan fingerprint density at radius 1 is 1.78 bits per heavy atom. The molecular formula is C6H9BrN2. The molecular weight excluding hydrogens is 180 g/mol. The zero-order valence-electron chi connectivity index (χ0n) is 5.56. The van der Waals surface area contributed by atoms with Crippen LogP contribution in [-0.2, 0) is 12.4 Å². The second-order valence-electron chi connectivity index (χ2n) is 2.05. The Bertz CT molecular complexity index is 205. The van der Waals surface area contributed by atoms with Crippen molar-refractivity contribution in [2.45, 2.75) is 12.3 Å². The van der Waals surface area contributed by atoms with Crippen LogP contribution in [0.25, 0.3) is 0 Å². The van der Waals surface area contributed by atoms with Crippen LogP contribution in [-0.4, -0.2) is 9.78 Å². The van der Waals surface area contributed by atoms with Gasteiger partial charge in [-0.3, -0.25) is 4.68 Å². The third-order valence-electron chi connectivity index (χ3n) is 1.26. The van der Waals surface area contributed by atoms with Gasteiger partial charge in [-0.2, -0.15) is 5.10 Å². The molecule has 0 aliphatic rings. The Morgan fingerprint density at radius 2 is 2.44 bits per heavy atom. The summed E-state index contributed by atoms with van der Waals surface area (Å²) in [6.07, 6.45) is 2.02. The van der Waals surface area contributed by atoms with E-state index >= 15 is 0 Å². The molecule has 2 nitrogen and oxygen atoms in total. The van der Waals surface area contributed by atoms with Crippen LogP contribution in [0.5, 0.6) is 0 Å². The fraction of sp³-hybridized carbons (Fsp3) is 0.500. The lowest BCUT2D eigenvalue weighted by Crippen LogP contribution is -1.86. The van der Waals surface area contributed by atoms with Crippen LogP contribution < -0.4 is 0 Å². The fourth-order valence-electron chi connectivity index (χ4n) is 0.780. The number of alkyl halides is 1. The number of nitrogens with zero attached hydrogens (tertiary/aromatic N) is 2. The van der Waals surface area contributed by atoms with Crippen LogP contribution in [0.4, 0.5) is 0 Å². The van der Waals surface area contributed by atoms with Gasteiger partial charge in [0.25, 0.3) is 0 Å². The zero-order valence-corrected chi connectivity index (χ0v) is 7.14. The molecule has 0 spiro atoms. The first-order chi connectivity index (χ1) is 4.24. The maximum Gasteiger partial charge on any atom is 0.0634 e. The first kappa shape index (κ1) is 6.81. The third kappa shape index (κ3) is 1.33. The summed E-state index contributed by atoms with van der Waals surface area (Å²) in [5.74, 6) is 0. The SMILES string of the molecule is Cc1nn(C)cc1CBr. The molecule has 1 aromatic heterocycles. The molecule has 50 valence electrons. The van der Waals surface area contributed by atoms with Crippen molar-refractivity contribution in [3.8, 4) is 0 Å². The first-order valence-corrected chi connectivity index (χ1v) is 3.91. The molecule has 0 fully saturated rings. The van der Waals surface area contributed by atoms with Gasteiger partial charge in [0.1, 0.15) is 0 Å². The molecule has 0 aliphatic carbocycles. The van der Waals surface area contributed by atoms with E-state index in [9.17, 15) is 0 Å². The molecule has 0 bridgehead atoms. The number of rotatable bonds is 1. The van der Waals surface area contributed by atoms with Gasteiger partial charge in [-0.25, -0.2) is 0 Å². The average molecular weight is 189 g/mol. The maximum atomic E-state index is 4.17. The van der Waals surface area contributed by atoms with Crippen LogP contribution in [0.2, 0.25) is 0 Å². The maximum absolute atomic E-state index is 4.17. The van der Waals surface area contributed by atoms with Crippen LogP contribution in [0, 0.1) is 6.92 Å². The second-order valence-corrected chi connectivity index (χ2v) is 2.61. The van der Waals surface area contributed by atoms with Crippen LogP contribution >= 0.6 is 15.9 Å². The number of aromatic nitrogens is 2. The normalized spacial score (nSPS) is 10.1. The van der Waals surface area contributed by atoms with E-state index in [-0.39, 0.29) is 0 Å². The standard InChI is InChI=1S/C6H9BrN2/c1-5-6(3-7)4-9(2)8-5/h4H,3H2,1-2H3. The molecule has 1 heterocycles. The molecule has 0 aromatic carbocycles. The topological polar surface area (TPSA) is 17.8 Å². The van der Waals surface area contributed by atoms with Crippen molar-refractivity contribution in [1.29, 1.82) is 0 Å². The molecule has 1 aromatic rings. The number of halogens is 1. The molecule has 0 saturated heterocycles. The smallest absolute Gasteiger partial charge is 0.0634 e. The van der Waals surface area contributed by atoms with Crippen LogP contribution in [0.1, 0.15) is 11.3 Å². The molecule has 9 heavy (non-hydrogen) atoms. The second kappa shape index (κ2) is 2.52. The highest BCUT2D eigenvalue weighted by Gasteiger charge is 1.98. The van der Waals surface area contributed by atoms with Gasteiger partial charge in [0.2, 0.25) is 0 Å². The van der Waals surface area contributed by atoms with E-state index in [0.29, 0.717) is 0 Å². The van der Waals surface area contributed by atoms with Crippen molar-refractivity contribution in [3.63, 3.8) is 0 Å². The molecule has 0 amide bonds. The minimum atomic E-state index is 0.896. The zero-order chi connectivity index (χ0) is 6.85. The van der Waals surface area contributed by atoms with Crippen molar-refractivity contribution < 1.29 is 0 Å². The summed E-state index contributed by atoms with van der Waals surface area (Å²) in [4.78, 5) is 0. The van der Waals surface area contributed by atoms with Crippen molar-refractivity contribution in [3.05, 3.63) is 17.5 Å².